The fourth-order valence-electron chi connectivity index (χ4n) is 2.44. The van der Waals surface area contributed by atoms with E-state index in [1.54, 1.807) is 0 Å². The number of hydrogen-bond donors (Lipinski definition) is 2. The van der Waals surface area contributed by atoms with Crippen LogP contribution in [0.2, 0.25) is 0 Å². The molecular weight excluding hydrogens is 214 g/mol. The summed E-state index contributed by atoms with van der Waals surface area (Å²) in [5, 5.41) is 10.3. The quantitative estimate of drug-likeness (QED) is 0.794. The lowest BCUT2D eigenvalue weighted by molar-refractivity contribution is 0.0831. The zero-order valence-corrected chi connectivity index (χ0v) is 9.79. The number of benzene rings is 1. The third kappa shape index (κ3) is 1.42. The molecule has 0 unspecified atom stereocenters. The summed E-state index contributed by atoms with van der Waals surface area (Å²) in [6, 6.07) is 7.81. The smallest absolute Gasteiger partial charge is 0.173 e. The van der Waals surface area contributed by atoms with E-state index in [-0.39, 0.29) is 12.4 Å². The van der Waals surface area contributed by atoms with Gasteiger partial charge in [0.2, 0.25) is 0 Å². The molecule has 1 aliphatic carbocycles. The van der Waals surface area contributed by atoms with Crippen LogP contribution < -0.4 is 0 Å². The van der Waals surface area contributed by atoms with E-state index in [1.165, 1.54) is 0 Å². The summed E-state index contributed by atoms with van der Waals surface area (Å²) in [5.74, 6) is 0.0925. The van der Waals surface area contributed by atoms with Crippen molar-refractivity contribution in [1.29, 1.82) is 0 Å². The van der Waals surface area contributed by atoms with Gasteiger partial charge in [0, 0.05) is 22.2 Å². The minimum Gasteiger partial charge on any atom is -0.395 e. The molecule has 0 aliphatic heterocycles. The van der Waals surface area contributed by atoms with E-state index in [4.69, 9.17) is 0 Å². The highest BCUT2D eigenvalue weighted by Gasteiger charge is 2.50. The third-order valence-corrected chi connectivity index (χ3v) is 3.76. The summed E-state index contributed by atoms with van der Waals surface area (Å²) < 4.78 is 0. The number of fused-ring (bicyclic) bond motifs is 1. The minimum atomic E-state index is -0.490. The maximum absolute atomic E-state index is 12.5. The van der Waals surface area contributed by atoms with Crippen molar-refractivity contribution in [2.45, 2.75) is 19.8 Å². The number of rotatable bonds is 3. The standard InChI is InChI=1S/C14H15NO2/c1-9-12(13(17)14(8-16)6-7-14)10-4-2-3-5-11(10)15-9/h2-5,15-16H,6-8H2,1H3. The highest BCUT2D eigenvalue weighted by molar-refractivity contribution is 6.12. The molecule has 3 nitrogen and oxygen atoms in total. The average molecular weight is 229 g/mol. The molecule has 0 atom stereocenters. The van der Waals surface area contributed by atoms with E-state index in [0.29, 0.717) is 0 Å². The summed E-state index contributed by atoms with van der Waals surface area (Å²) in [6.45, 7) is 1.88. The van der Waals surface area contributed by atoms with E-state index < -0.39 is 5.41 Å². The third-order valence-electron chi connectivity index (χ3n) is 3.76. The first kappa shape index (κ1) is 10.5. The average Bonchev–Trinajstić information content (AvgIpc) is 3.06. The number of H-pyrrole nitrogens is 1. The second-order valence-corrected chi connectivity index (χ2v) is 4.94. The molecule has 0 saturated heterocycles. The predicted octanol–water partition coefficient (Wildman–Crippen LogP) is 2.43. The Balaban J connectivity index is 2.17. The van der Waals surface area contributed by atoms with Crippen molar-refractivity contribution >= 4 is 16.7 Å². The maximum Gasteiger partial charge on any atom is 0.173 e. The van der Waals surface area contributed by atoms with Crippen LogP contribution in [0.5, 0.6) is 0 Å². The van der Waals surface area contributed by atoms with Crippen molar-refractivity contribution in [1.82, 2.24) is 4.98 Å². The number of Topliss-reactive ketones (excluding diaryl/α,β-unsaturated/α-hetero) is 1. The van der Waals surface area contributed by atoms with Crippen LogP contribution in [0.4, 0.5) is 0 Å². The molecular formula is C14H15NO2. The molecule has 2 aromatic rings. The summed E-state index contributed by atoms with van der Waals surface area (Å²) >= 11 is 0. The van der Waals surface area contributed by atoms with Crippen LogP contribution >= 0.6 is 0 Å². The highest BCUT2D eigenvalue weighted by atomic mass is 16.3. The van der Waals surface area contributed by atoms with E-state index >= 15 is 0 Å². The number of aryl methyl sites for hydroxylation is 1. The van der Waals surface area contributed by atoms with Crippen molar-refractivity contribution in [3.8, 4) is 0 Å². The monoisotopic (exact) mass is 229 g/mol. The summed E-state index contributed by atoms with van der Waals surface area (Å²) in [7, 11) is 0. The van der Waals surface area contributed by atoms with Gasteiger partial charge >= 0.3 is 0 Å². The Kier molecular flexibility index (Phi) is 2.13. The van der Waals surface area contributed by atoms with Crippen molar-refractivity contribution in [3.63, 3.8) is 0 Å². The Bertz CT molecular complexity index is 593. The normalized spacial score (nSPS) is 17.3. The molecule has 1 fully saturated rings. The molecule has 0 spiro atoms. The van der Waals surface area contributed by atoms with Gasteiger partial charge in [0.25, 0.3) is 0 Å². The van der Waals surface area contributed by atoms with Gasteiger partial charge in [-0.2, -0.15) is 0 Å². The maximum atomic E-state index is 12.5. The SMILES string of the molecule is Cc1[nH]c2ccccc2c1C(=O)C1(CO)CC1. The van der Waals surface area contributed by atoms with Gasteiger partial charge in [0.1, 0.15) is 0 Å². The number of aromatic amines is 1. The Morgan fingerprint density at radius 3 is 2.76 bits per heavy atom. The first-order valence-electron chi connectivity index (χ1n) is 5.91. The molecule has 1 aliphatic rings. The van der Waals surface area contributed by atoms with Gasteiger partial charge in [0.05, 0.1) is 12.0 Å². The zero-order chi connectivity index (χ0) is 12.0. The van der Waals surface area contributed by atoms with Crippen LogP contribution in [0.25, 0.3) is 10.9 Å². The molecule has 17 heavy (non-hydrogen) atoms. The van der Waals surface area contributed by atoms with Gasteiger partial charge in [-0.25, -0.2) is 0 Å². The van der Waals surface area contributed by atoms with E-state index in [1.807, 2.05) is 31.2 Å². The number of para-hydroxylation sites is 1. The van der Waals surface area contributed by atoms with Gasteiger partial charge in [-0.15, -0.1) is 0 Å². The predicted molar refractivity (Wildman–Crippen MR) is 66.1 cm³/mol. The number of aliphatic hydroxyl groups excluding tert-OH is 1. The molecule has 1 saturated carbocycles. The molecule has 1 aromatic heterocycles. The molecule has 0 amide bonds. The Hall–Kier alpha value is -1.61. The van der Waals surface area contributed by atoms with Gasteiger partial charge in [-0.05, 0) is 25.8 Å². The van der Waals surface area contributed by atoms with Crippen molar-refractivity contribution in [2.24, 2.45) is 5.41 Å². The molecule has 3 rings (SSSR count). The zero-order valence-electron chi connectivity index (χ0n) is 9.79. The summed E-state index contributed by atoms with van der Waals surface area (Å²) in [5.41, 5.74) is 2.15. The number of ketones is 1. The Labute approximate surface area is 99.5 Å². The molecule has 88 valence electrons. The molecule has 2 N–H and O–H groups in total. The molecule has 3 heteroatoms. The molecule has 0 bridgehead atoms. The minimum absolute atomic E-state index is 0.0369. The van der Waals surface area contributed by atoms with Crippen LogP contribution in [-0.2, 0) is 0 Å². The summed E-state index contributed by atoms with van der Waals surface area (Å²) in [4.78, 5) is 15.7. The molecule has 1 aromatic carbocycles. The van der Waals surface area contributed by atoms with Crippen LogP contribution in [0, 0.1) is 12.3 Å². The first-order valence-corrected chi connectivity index (χ1v) is 5.91. The van der Waals surface area contributed by atoms with Gasteiger partial charge < -0.3 is 10.1 Å². The number of nitrogens with one attached hydrogen (secondary N) is 1. The van der Waals surface area contributed by atoms with E-state index in [9.17, 15) is 9.90 Å². The topological polar surface area (TPSA) is 53.1 Å². The largest absolute Gasteiger partial charge is 0.395 e. The van der Waals surface area contributed by atoms with Crippen LogP contribution in [0.3, 0.4) is 0 Å². The molecule has 0 radical (unpaired) electrons. The van der Waals surface area contributed by atoms with E-state index in [0.717, 1.165) is 35.0 Å². The van der Waals surface area contributed by atoms with Gasteiger partial charge in [-0.3, -0.25) is 4.79 Å². The van der Waals surface area contributed by atoms with E-state index in [2.05, 4.69) is 4.98 Å². The van der Waals surface area contributed by atoms with Crippen LogP contribution in [0.1, 0.15) is 28.9 Å². The second kappa shape index (κ2) is 3.44. The highest BCUT2D eigenvalue weighted by Crippen LogP contribution is 2.48. The number of aromatic nitrogens is 1. The van der Waals surface area contributed by atoms with Crippen molar-refractivity contribution in [3.05, 3.63) is 35.5 Å². The lowest BCUT2D eigenvalue weighted by Crippen LogP contribution is -2.20. The van der Waals surface area contributed by atoms with Crippen molar-refractivity contribution < 1.29 is 9.90 Å². The van der Waals surface area contributed by atoms with Gasteiger partial charge in [0.15, 0.2) is 5.78 Å². The van der Waals surface area contributed by atoms with Crippen LogP contribution in [0.15, 0.2) is 24.3 Å². The molecule has 1 heterocycles. The summed E-state index contributed by atoms with van der Waals surface area (Å²) in [6.07, 6.45) is 1.61. The Morgan fingerprint density at radius 1 is 1.41 bits per heavy atom. The Morgan fingerprint density at radius 2 is 2.12 bits per heavy atom. The number of hydrogen-bond acceptors (Lipinski definition) is 2. The van der Waals surface area contributed by atoms with Crippen LogP contribution in [-0.4, -0.2) is 22.5 Å². The fraction of sp³-hybridized carbons (Fsp3) is 0.357. The van der Waals surface area contributed by atoms with Gasteiger partial charge in [-0.1, -0.05) is 18.2 Å². The lowest BCUT2D eigenvalue weighted by atomic mass is 9.93. The fourth-order valence-corrected chi connectivity index (χ4v) is 2.44. The number of carbonyl (C=O) groups excluding carboxylic acids is 1. The lowest BCUT2D eigenvalue weighted by Gasteiger charge is -2.10. The number of aliphatic hydroxyl groups is 1. The van der Waals surface area contributed by atoms with Crippen molar-refractivity contribution in [2.75, 3.05) is 6.61 Å². The number of carbonyl (C=O) groups is 1. The second-order valence-electron chi connectivity index (χ2n) is 4.94. The first-order chi connectivity index (χ1) is 8.18.